The first-order chi connectivity index (χ1) is 7.46. The fraction of sp³-hybridized carbons (Fsp3) is 0.100. The molecule has 0 bridgehead atoms. The molecule has 1 aliphatic heterocycles. The molecule has 1 aromatic rings. The molecule has 0 aromatic heterocycles. The predicted octanol–water partition coefficient (Wildman–Crippen LogP) is 1.51. The molecule has 14 heavy (non-hydrogen) atoms. The number of ether oxygens (including phenoxy) is 2. The summed E-state index contributed by atoms with van der Waals surface area (Å²) in [6.45, 7) is -2.16. The average molecular weight is 194 g/mol. The highest BCUT2D eigenvalue weighted by Crippen LogP contribution is 2.32. The molecular formula is C10H8O4. The summed E-state index contributed by atoms with van der Waals surface area (Å²) < 4.78 is 24.2. The highest BCUT2D eigenvalue weighted by Gasteiger charge is 2.12. The Balaban J connectivity index is 2.26. The summed E-state index contributed by atoms with van der Waals surface area (Å²) in [5.41, 5.74) is 0.599. The van der Waals surface area contributed by atoms with E-state index >= 15 is 0 Å². The van der Waals surface area contributed by atoms with Crippen molar-refractivity contribution in [1.82, 2.24) is 0 Å². The number of hydrogen-bond donors (Lipinski definition) is 1. The molecular weight excluding hydrogens is 184 g/mol. The number of carboxylic acids is 1. The standard InChI is InChI=1S/C10H8O4/c11-10(12)4-2-7-1-3-8-9(5-7)14-6-13-8/h1-5H,6H2,(H,11,12)/i6D2. The molecule has 1 aromatic carbocycles. The van der Waals surface area contributed by atoms with Gasteiger partial charge in [-0.25, -0.2) is 4.79 Å². The lowest BCUT2D eigenvalue weighted by Gasteiger charge is -1.96. The number of carboxylic acid groups (broad SMARTS) is 1. The number of hydrogen-bond acceptors (Lipinski definition) is 3. The summed E-state index contributed by atoms with van der Waals surface area (Å²) in [5.74, 6) is -0.483. The van der Waals surface area contributed by atoms with E-state index in [1.165, 1.54) is 18.2 Å². The number of benzene rings is 1. The minimum Gasteiger partial charge on any atom is -0.478 e. The highest BCUT2D eigenvalue weighted by molar-refractivity contribution is 5.85. The maximum absolute atomic E-state index is 10.3. The zero-order valence-corrected chi connectivity index (χ0v) is 7.06. The van der Waals surface area contributed by atoms with Crippen molar-refractivity contribution in [3.05, 3.63) is 29.8 Å². The molecule has 72 valence electrons. The van der Waals surface area contributed by atoms with Crippen LogP contribution in [0.1, 0.15) is 8.30 Å². The van der Waals surface area contributed by atoms with Gasteiger partial charge in [0.05, 0.1) is 0 Å². The van der Waals surface area contributed by atoms with Gasteiger partial charge in [0.1, 0.15) is 2.74 Å². The summed E-state index contributed by atoms with van der Waals surface area (Å²) >= 11 is 0. The second kappa shape index (κ2) is 3.41. The van der Waals surface area contributed by atoms with Crippen LogP contribution in [0, 0.1) is 0 Å². The fourth-order valence-electron chi connectivity index (χ4n) is 1.07. The van der Waals surface area contributed by atoms with E-state index in [0.29, 0.717) is 11.3 Å². The van der Waals surface area contributed by atoms with Crippen LogP contribution >= 0.6 is 0 Å². The second-order valence-electron chi connectivity index (χ2n) is 2.67. The van der Waals surface area contributed by atoms with Gasteiger partial charge in [-0.2, -0.15) is 0 Å². The monoisotopic (exact) mass is 194 g/mol. The molecule has 1 aliphatic rings. The van der Waals surface area contributed by atoms with Gasteiger partial charge in [-0.3, -0.25) is 0 Å². The van der Waals surface area contributed by atoms with E-state index in [2.05, 4.69) is 0 Å². The third kappa shape index (κ3) is 1.69. The van der Waals surface area contributed by atoms with Crippen molar-refractivity contribution in [1.29, 1.82) is 0 Å². The van der Waals surface area contributed by atoms with Crippen molar-refractivity contribution >= 4 is 12.0 Å². The van der Waals surface area contributed by atoms with Crippen molar-refractivity contribution in [2.45, 2.75) is 0 Å². The lowest BCUT2D eigenvalue weighted by atomic mass is 10.2. The Kier molecular flexibility index (Phi) is 1.58. The molecule has 1 N–H and O–H groups in total. The van der Waals surface area contributed by atoms with Crippen LogP contribution in [-0.2, 0) is 4.79 Å². The minimum atomic E-state index is -2.16. The molecule has 0 saturated heterocycles. The van der Waals surface area contributed by atoms with Crippen LogP contribution in [-0.4, -0.2) is 17.8 Å². The predicted molar refractivity (Wildman–Crippen MR) is 49.2 cm³/mol. The zero-order valence-electron chi connectivity index (χ0n) is 9.06. The molecule has 0 unspecified atom stereocenters. The Morgan fingerprint density at radius 2 is 2.29 bits per heavy atom. The first-order valence-electron chi connectivity index (χ1n) is 4.89. The second-order valence-corrected chi connectivity index (χ2v) is 2.67. The van der Waals surface area contributed by atoms with E-state index in [9.17, 15) is 4.79 Å². The Morgan fingerprint density at radius 3 is 3.07 bits per heavy atom. The molecule has 0 saturated carbocycles. The van der Waals surface area contributed by atoms with E-state index in [1.807, 2.05) is 0 Å². The maximum atomic E-state index is 10.3. The van der Waals surface area contributed by atoms with E-state index in [0.717, 1.165) is 6.08 Å². The Morgan fingerprint density at radius 1 is 1.50 bits per heavy atom. The molecule has 0 spiro atoms. The van der Waals surface area contributed by atoms with E-state index < -0.39 is 12.7 Å². The van der Waals surface area contributed by atoms with Crippen LogP contribution in [0.5, 0.6) is 11.5 Å². The molecule has 0 fully saturated rings. The van der Waals surface area contributed by atoms with Gasteiger partial charge in [0.25, 0.3) is 0 Å². The first-order valence-corrected chi connectivity index (χ1v) is 3.89. The number of fused-ring (bicyclic) bond motifs is 1. The summed E-state index contributed by atoms with van der Waals surface area (Å²) in [4.78, 5) is 10.3. The van der Waals surface area contributed by atoms with Crippen molar-refractivity contribution in [2.24, 2.45) is 0 Å². The fourth-order valence-corrected chi connectivity index (χ4v) is 1.07. The third-order valence-electron chi connectivity index (χ3n) is 1.69. The lowest BCUT2D eigenvalue weighted by molar-refractivity contribution is -0.131. The number of rotatable bonds is 2. The summed E-state index contributed by atoms with van der Waals surface area (Å²) in [6.07, 6.45) is 2.38. The van der Waals surface area contributed by atoms with Crippen molar-refractivity contribution in [2.75, 3.05) is 6.75 Å². The highest BCUT2D eigenvalue weighted by atomic mass is 16.7. The van der Waals surface area contributed by atoms with Gasteiger partial charge < -0.3 is 14.6 Å². The van der Waals surface area contributed by atoms with Crippen molar-refractivity contribution in [3.8, 4) is 11.5 Å². The normalized spacial score (nSPS) is 19.1. The Bertz CT molecular complexity index is 468. The Labute approximate surface area is 83.2 Å². The molecule has 1 heterocycles. The molecule has 2 rings (SSSR count). The minimum absolute atomic E-state index is 0.262. The molecule has 0 atom stereocenters. The zero-order chi connectivity index (χ0) is 11.8. The smallest absolute Gasteiger partial charge is 0.328 e. The van der Waals surface area contributed by atoms with Gasteiger partial charge in [-0.05, 0) is 23.8 Å². The van der Waals surface area contributed by atoms with Crippen LogP contribution < -0.4 is 9.47 Å². The maximum Gasteiger partial charge on any atom is 0.328 e. The van der Waals surface area contributed by atoms with Gasteiger partial charge in [-0.1, -0.05) is 6.07 Å². The average Bonchev–Trinajstić information content (AvgIpc) is 2.47. The molecule has 4 heteroatoms. The quantitative estimate of drug-likeness (QED) is 0.725. The number of aliphatic carboxylic acids is 1. The van der Waals surface area contributed by atoms with Gasteiger partial charge in [0, 0.05) is 6.08 Å². The van der Waals surface area contributed by atoms with Crippen LogP contribution in [0.3, 0.4) is 0 Å². The van der Waals surface area contributed by atoms with Crippen LogP contribution in [0.2, 0.25) is 0 Å². The molecule has 0 aliphatic carbocycles. The van der Waals surface area contributed by atoms with Gasteiger partial charge >= 0.3 is 5.97 Å². The molecule has 0 amide bonds. The largest absolute Gasteiger partial charge is 0.478 e. The van der Waals surface area contributed by atoms with Crippen LogP contribution in [0.4, 0.5) is 0 Å². The van der Waals surface area contributed by atoms with E-state index in [-0.39, 0.29) is 5.75 Å². The molecule has 0 radical (unpaired) electrons. The van der Waals surface area contributed by atoms with E-state index in [1.54, 1.807) is 6.07 Å². The van der Waals surface area contributed by atoms with E-state index in [4.69, 9.17) is 17.3 Å². The number of carbonyl (C=O) groups is 1. The van der Waals surface area contributed by atoms with Crippen LogP contribution in [0.25, 0.3) is 6.08 Å². The van der Waals surface area contributed by atoms with Crippen molar-refractivity contribution < 1.29 is 22.1 Å². The Hall–Kier alpha value is -1.97. The summed E-state index contributed by atoms with van der Waals surface area (Å²) in [6, 6.07) is 4.66. The SMILES string of the molecule is [2H]C1([2H])Oc2ccc(C=CC(=O)O)cc2O1. The summed E-state index contributed by atoms with van der Waals surface area (Å²) in [5, 5.41) is 8.45. The summed E-state index contributed by atoms with van der Waals surface area (Å²) in [7, 11) is 0. The van der Waals surface area contributed by atoms with Gasteiger partial charge in [0.2, 0.25) is 6.75 Å². The third-order valence-corrected chi connectivity index (χ3v) is 1.69. The van der Waals surface area contributed by atoms with Crippen molar-refractivity contribution in [3.63, 3.8) is 0 Å². The first kappa shape index (κ1) is 6.48. The molecule has 4 nitrogen and oxygen atoms in total. The topological polar surface area (TPSA) is 55.8 Å². The van der Waals surface area contributed by atoms with Gasteiger partial charge in [-0.15, -0.1) is 0 Å². The lowest BCUT2D eigenvalue weighted by Crippen LogP contribution is -1.92. The van der Waals surface area contributed by atoms with Crippen LogP contribution in [0.15, 0.2) is 24.3 Å². The van der Waals surface area contributed by atoms with Gasteiger partial charge in [0.15, 0.2) is 11.5 Å².